The summed E-state index contributed by atoms with van der Waals surface area (Å²) in [5, 5.41) is 4.40. The summed E-state index contributed by atoms with van der Waals surface area (Å²) in [6.45, 7) is 2.13. The van der Waals surface area contributed by atoms with Crippen molar-refractivity contribution in [3.63, 3.8) is 0 Å². The average Bonchev–Trinajstić information content (AvgIpc) is 2.88. The Labute approximate surface area is 78.9 Å². The third kappa shape index (κ3) is 1.61. The first-order valence-electron chi connectivity index (χ1n) is 5.00. The zero-order valence-electron chi connectivity index (χ0n) is 8.33. The van der Waals surface area contributed by atoms with E-state index in [1.165, 1.54) is 24.1 Å². The Bertz CT molecular complexity index is 299. The second-order valence-corrected chi connectivity index (χ2v) is 3.92. The van der Waals surface area contributed by atoms with Gasteiger partial charge in [0.05, 0.1) is 5.69 Å². The van der Waals surface area contributed by atoms with E-state index in [0.29, 0.717) is 0 Å². The van der Waals surface area contributed by atoms with Crippen molar-refractivity contribution >= 4 is 0 Å². The predicted molar refractivity (Wildman–Crippen MR) is 52.2 cm³/mol. The molecule has 1 aromatic heterocycles. The van der Waals surface area contributed by atoms with Gasteiger partial charge < -0.3 is 5.73 Å². The molecule has 1 fully saturated rings. The molecule has 0 aliphatic heterocycles. The zero-order valence-corrected chi connectivity index (χ0v) is 8.33. The van der Waals surface area contributed by atoms with E-state index in [1.807, 2.05) is 11.7 Å². The van der Waals surface area contributed by atoms with Crippen molar-refractivity contribution in [2.24, 2.45) is 18.7 Å². The van der Waals surface area contributed by atoms with Crippen LogP contribution in [0.2, 0.25) is 0 Å². The molecule has 1 aromatic rings. The van der Waals surface area contributed by atoms with E-state index in [1.54, 1.807) is 0 Å². The molecule has 1 aliphatic rings. The summed E-state index contributed by atoms with van der Waals surface area (Å²) >= 11 is 0. The van der Waals surface area contributed by atoms with Crippen LogP contribution >= 0.6 is 0 Å². The van der Waals surface area contributed by atoms with Gasteiger partial charge in [-0.2, -0.15) is 5.10 Å². The Morgan fingerprint density at radius 1 is 1.69 bits per heavy atom. The van der Waals surface area contributed by atoms with Crippen molar-refractivity contribution in [1.82, 2.24) is 9.78 Å². The van der Waals surface area contributed by atoms with Crippen LogP contribution in [0.15, 0.2) is 6.20 Å². The number of hydrogen-bond donors (Lipinski definition) is 1. The summed E-state index contributed by atoms with van der Waals surface area (Å²) in [5.74, 6) is 0.717. The summed E-state index contributed by atoms with van der Waals surface area (Å²) in [7, 11) is 1.96. The Morgan fingerprint density at radius 3 is 2.92 bits per heavy atom. The summed E-state index contributed by atoms with van der Waals surface area (Å²) in [5.41, 5.74) is 8.56. The molecule has 0 saturated heterocycles. The van der Waals surface area contributed by atoms with Crippen LogP contribution in [0.25, 0.3) is 0 Å². The highest BCUT2D eigenvalue weighted by atomic mass is 15.3. The fourth-order valence-corrected chi connectivity index (χ4v) is 1.82. The van der Waals surface area contributed by atoms with Gasteiger partial charge in [-0.3, -0.25) is 4.68 Å². The van der Waals surface area contributed by atoms with E-state index in [2.05, 4.69) is 18.2 Å². The second-order valence-electron chi connectivity index (χ2n) is 3.92. The van der Waals surface area contributed by atoms with Gasteiger partial charge in [-0.05, 0) is 25.2 Å². The van der Waals surface area contributed by atoms with Crippen molar-refractivity contribution in [2.75, 3.05) is 0 Å². The van der Waals surface area contributed by atoms with Gasteiger partial charge in [0, 0.05) is 24.8 Å². The molecule has 0 aromatic carbocycles. The van der Waals surface area contributed by atoms with Crippen molar-refractivity contribution in [2.45, 2.75) is 32.2 Å². The molecule has 0 amide bonds. The van der Waals surface area contributed by atoms with E-state index in [9.17, 15) is 0 Å². The van der Waals surface area contributed by atoms with Gasteiger partial charge in [0.15, 0.2) is 0 Å². The van der Waals surface area contributed by atoms with Crippen LogP contribution < -0.4 is 5.73 Å². The maximum atomic E-state index is 6.14. The molecule has 1 heterocycles. The Morgan fingerprint density at radius 2 is 2.38 bits per heavy atom. The maximum absolute atomic E-state index is 6.14. The lowest BCUT2D eigenvalue weighted by atomic mass is 10.0. The van der Waals surface area contributed by atoms with Crippen LogP contribution in [-0.4, -0.2) is 9.78 Å². The molecule has 2 rings (SSSR count). The summed E-state index contributed by atoms with van der Waals surface area (Å²) in [4.78, 5) is 0. The molecule has 1 unspecified atom stereocenters. The first-order chi connectivity index (χ1) is 6.22. The number of nitrogens with two attached hydrogens (primary N) is 1. The topological polar surface area (TPSA) is 43.8 Å². The summed E-state index contributed by atoms with van der Waals surface area (Å²) in [6.07, 6.45) is 5.64. The van der Waals surface area contributed by atoms with Crippen LogP contribution in [0.3, 0.4) is 0 Å². The lowest BCUT2D eigenvalue weighted by molar-refractivity contribution is 0.627. The van der Waals surface area contributed by atoms with E-state index in [0.717, 1.165) is 12.3 Å². The molecular weight excluding hydrogens is 162 g/mol. The van der Waals surface area contributed by atoms with Gasteiger partial charge in [0.2, 0.25) is 0 Å². The van der Waals surface area contributed by atoms with E-state index in [-0.39, 0.29) is 6.04 Å². The number of nitrogens with zero attached hydrogens (tertiary/aromatic N) is 2. The predicted octanol–water partition coefficient (Wildman–Crippen LogP) is 1.39. The minimum absolute atomic E-state index is 0.226. The number of hydrogen-bond acceptors (Lipinski definition) is 2. The summed E-state index contributed by atoms with van der Waals surface area (Å²) in [6, 6.07) is 0.226. The van der Waals surface area contributed by atoms with Gasteiger partial charge in [-0.15, -0.1) is 0 Å². The number of aromatic nitrogens is 2. The third-order valence-electron chi connectivity index (χ3n) is 2.76. The summed E-state index contributed by atoms with van der Waals surface area (Å²) < 4.78 is 1.87. The van der Waals surface area contributed by atoms with E-state index < -0.39 is 0 Å². The number of aryl methyl sites for hydroxylation is 2. The first kappa shape index (κ1) is 8.75. The quantitative estimate of drug-likeness (QED) is 0.762. The Balaban J connectivity index is 2.25. The van der Waals surface area contributed by atoms with Gasteiger partial charge in [0.25, 0.3) is 0 Å². The highest BCUT2D eigenvalue weighted by Gasteiger charge is 2.31. The molecule has 0 bridgehead atoms. The standard InChI is InChI=1S/C10H17N3/c1-3-9-8(6-13(2)12-9)10(11)7-4-5-7/h6-7,10H,3-5,11H2,1-2H3. The molecule has 13 heavy (non-hydrogen) atoms. The lowest BCUT2D eigenvalue weighted by Gasteiger charge is -2.08. The second kappa shape index (κ2) is 3.14. The van der Waals surface area contributed by atoms with Crippen LogP contribution in [-0.2, 0) is 13.5 Å². The van der Waals surface area contributed by atoms with Crippen LogP contribution in [0.5, 0.6) is 0 Å². The fourth-order valence-electron chi connectivity index (χ4n) is 1.82. The van der Waals surface area contributed by atoms with Gasteiger partial charge in [-0.1, -0.05) is 6.92 Å². The fraction of sp³-hybridized carbons (Fsp3) is 0.700. The molecule has 1 atom stereocenters. The van der Waals surface area contributed by atoms with E-state index >= 15 is 0 Å². The minimum atomic E-state index is 0.226. The molecule has 3 nitrogen and oxygen atoms in total. The van der Waals surface area contributed by atoms with Crippen LogP contribution in [0, 0.1) is 5.92 Å². The molecule has 1 aliphatic carbocycles. The van der Waals surface area contributed by atoms with Crippen LogP contribution in [0.4, 0.5) is 0 Å². The molecule has 0 radical (unpaired) electrons. The largest absolute Gasteiger partial charge is 0.324 e. The van der Waals surface area contributed by atoms with Crippen LogP contribution in [0.1, 0.15) is 37.1 Å². The normalized spacial score (nSPS) is 19.0. The van der Waals surface area contributed by atoms with Crippen molar-refractivity contribution in [3.8, 4) is 0 Å². The van der Waals surface area contributed by atoms with Crippen molar-refractivity contribution in [1.29, 1.82) is 0 Å². The zero-order chi connectivity index (χ0) is 9.42. The van der Waals surface area contributed by atoms with E-state index in [4.69, 9.17) is 5.73 Å². The molecule has 0 spiro atoms. The lowest BCUT2D eigenvalue weighted by Crippen LogP contribution is -2.13. The number of rotatable bonds is 3. The Hall–Kier alpha value is -0.830. The highest BCUT2D eigenvalue weighted by Crippen LogP contribution is 2.40. The average molecular weight is 179 g/mol. The Kier molecular flexibility index (Phi) is 2.12. The maximum Gasteiger partial charge on any atom is 0.0669 e. The monoisotopic (exact) mass is 179 g/mol. The minimum Gasteiger partial charge on any atom is -0.324 e. The third-order valence-corrected chi connectivity index (χ3v) is 2.76. The van der Waals surface area contributed by atoms with Gasteiger partial charge >= 0.3 is 0 Å². The first-order valence-corrected chi connectivity index (χ1v) is 5.00. The van der Waals surface area contributed by atoms with Crippen molar-refractivity contribution in [3.05, 3.63) is 17.5 Å². The molecular formula is C10H17N3. The highest BCUT2D eigenvalue weighted by molar-refractivity contribution is 5.23. The molecule has 3 heteroatoms. The molecule has 72 valence electrons. The van der Waals surface area contributed by atoms with Crippen molar-refractivity contribution < 1.29 is 0 Å². The van der Waals surface area contributed by atoms with Gasteiger partial charge in [-0.25, -0.2) is 0 Å². The molecule has 2 N–H and O–H groups in total. The SMILES string of the molecule is CCc1nn(C)cc1C(N)C1CC1. The molecule has 1 saturated carbocycles. The smallest absolute Gasteiger partial charge is 0.0669 e. The van der Waals surface area contributed by atoms with Gasteiger partial charge in [0.1, 0.15) is 0 Å².